The number of methoxy groups -OCH3 is 1. The van der Waals surface area contributed by atoms with Gasteiger partial charge < -0.3 is 21.1 Å². The number of nitrogens with one attached hydrogen (secondary N) is 2. The molecule has 0 aliphatic heterocycles. The molecule has 0 saturated heterocycles. The molecule has 4 N–H and O–H groups in total. The number of nitrogens with two attached hydrogens (primary N) is 1. The van der Waals surface area contributed by atoms with Gasteiger partial charge in [0.25, 0.3) is 5.91 Å². The Balaban J connectivity index is 1.88. The van der Waals surface area contributed by atoms with E-state index in [1.54, 1.807) is 24.3 Å². The summed E-state index contributed by atoms with van der Waals surface area (Å²) in [6.45, 7) is 0.342. The van der Waals surface area contributed by atoms with Crippen LogP contribution in [0, 0.1) is 5.41 Å². The molecule has 26 heavy (non-hydrogen) atoms. The Morgan fingerprint density at radius 1 is 1.12 bits per heavy atom. The number of rotatable bonds is 7. The van der Waals surface area contributed by atoms with Gasteiger partial charge in [0.2, 0.25) is 5.91 Å². The summed E-state index contributed by atoms with van der Waals surface area (Å²) in [5.74, 6) is -0.948. The third-order valence-corrected chi connectivity index (χ3v) is 4.93. The average Bonchev–Trinajstić information content (AvgIpc) is 2.67. The number of hydrogen-bond donors (Lipinski definition) is 3. The fourth-order valence-electron chi connectivity index (χ4n) is 3.33. The van der Waals surface area contributed by atoms with E-state index in [-0.39, 0.29) is 23.8 Å². The fraction of sp³-hybridized carbons (Fsp3) is 0.526. The topological polar surface area (TPSA) is 111 Å². The van der Waals surface area contributed by atoms with Crippen molar-refractivity contribution in [1.82, 2.24) is 5.32 Å². The molecule has 0 bridgehead atoms. The monoisotopic (exact) mass is 361 g/mol. The molecule has 1 aliphatic rings. The van der Waals surface area contributed by atoms with Gasteiger partial charge in [-0.1, -0.05) is 19.3 Å². The van der Waals surface area contributed by atoms with Crippen molar-refractivity contribution >= 4 is 23.5 Å². The highest BCUT2D eigenvalue weighted by Gasteiger charge is 2.32. The lowest BCUT2D eigenvalue weighted by Gasteiger charge is -2.35. The maximum Gasteiger partial charge on any atom is 0.325 e. The molecule has 2 amide bonds. The minimum absolute atomic E-state index is 0.0553. The molecule has 1 aromatic carbocycles. The van der Waals surface area contributed by atoms with Crippen molar-refractivity contribution in [2.24, 2.45) is 11.1 Å². The number of esters is 1. The Hall–Kier alpha value is -2.41. The summed E-state index contributed by atoms with van der Waals surface area (Å²) < 4.78 is 4.47. The summed E-state index contributed by atoms with van der Waals surface area (Å²) in [4.78, 5) is 35.3. The van der Waals surface area contributed by atoms with Crippen molar-refractivity contribution in [3.8, 4) is 0 Å². The Kier molecular flexibility index (Phi) is 7.15. The molecule has 142 valence electrons. The van der Waals surface area contributed by atoms with Gasteiger partial charge in [-0.2, -0.15) is 0 Å². The minimum Gasteiger partial charge on any atom is -0.468 e. The van der Waals surface area contributed by atoms with Crippen molar-refractivity contribution in [3.05, 3.63) is 29.8 Å². The lowest BCUT2D eigenvalue weighted by atomic mass is 9.71. The molecule has 0 unspecified atom stereocenters. The molecule has 7 nitrogen and oxygen atoms in total. The summed E-state index contributed by atoms with van der Waals surface area (Å²) in [5, 5.41) is 5.34. The number of benzene rings is 1. The average molecular weight is 361 g/mol. The van der Waals surface area contributed by atoms with Crippen molar-refractivity contribution in [1.29, 1.82) is 0 Å². The summed E-state index contributed by atoms with van der Waals surface area (Å²) in [5.41, 5.74) is 6.88. The second kappa shape index (κ2) is 9.33. The first-order valence-electron chi connectivity index (χ1n) is 8.93. The van der Waals surface area contributed by atoms with Crippen molar-refractivity contribution in [2.45, 2.75) is 38.5 Å². The van der Waals surface area contributed by atoms with Gasteiger partial charge in [-0.15, -0.1) is 0 Å². The third-order valence-electron chi connectivity index (χ3n) is 4.93. The Bertz CT molecular complexity index is 637. The highest BCUT2D eigenvalue weighted by Crippen LogP contribution is 2.38. The van der Waals surface area contributed by atoms with Gasteiger partial charge in [0, 0.05) is 17.7 Å². The lowest BCUT2D eigenvalue weighted by Crippen LogP contribution is -2.36. The normalized spacial score (nSPS) is 15.8. The second-order valence-corrected chi connectivity index (χ2v) is 6.83. The molecule has 0 aromatic heterocycles. The smallest absolute Gasteiger partial charge is 0.325 e. The minimum atomic E-state index is -0.515. The molecular weight excluding hydrogens is 334 g/mol. The standard InChI is InChI=1S/C19H27N3O4/c1-26-17(24)12-21-18(25)14-5-7-15(8-6-14)22-16(23)11-19(13-20)9-3-2-4-10-19/h5-8H,2-4,9-13,20H2,1H3,(H,21,25)(H,22,23). The van der Waals surface area contributed by atoms with Crippen LogP contribution in [0.4, 0.5) is 5.69 Å². The molecular formula is C19H27N3O4. The summed E-state index contributed by atoms with van der Waals surface area (Å²) in [7, 11) is 1.26. The van der Waals surface area contributed by atoms with Crippen LogP contribution in [0.15, 0.2) is 24.3 Å². The van der Waals surface area contributed by atoms with E-state index in [4.69, 9.17) is 5.73 Å². The number of carbonyl (C=O) groups is 3. The van der Waals surface area contributed by atoms with Gasteiger partial charge in [0.05, 0.1) is 7.11 Å². The number of anilines is 1. The van der Waals surface area contributed by atoms with E-state index in [1.807, 2.05) is 0 Å². The molecule has 1 saturated carbocycles. The fourth-order valence-corrected chi connectivity index (χ4v) is 3.33. The van der Waals surface area contributed by atoms with Crippen LogP contribution < -0.4 is 16.4 Å². The van der Waals surface area contributed by atoms with E-state index < -0.39 is 5.97 Å². The molecule has 1 fully saturated rings. The van der Waals surface area contributed by atoms with Crippen molar-refractivity contribution in [2.75, 3.05) is 25.5 Å². The van der Waals surface area contributed by atoms with E-state index in [0.717, 1.165) is 25.7 Å². The first-order valence-corrected chi connectivity index (χ1v) is 8.93. The van der Waals surface area contributed by atoms with E-state index in [2.05, 4.69) is 15.4 Å². The van der Waals surface area contributed by atoms with Crippen LogP contribution >= 0.6 is 0 Å². The maximum atomic E-state index is 12.4. The van der Waals surface area contributed by atoms with Gasteiger partial charge in [0.1, 0.15) is 6.54 Å². The number of carbonyl (C=O) groups excluding carboxylic acids is 3. The number of hydrogen-bond acceptors (Lipinski definition) is 5. The van der Waals surface area contributed by atoms with E-state index in [9.17, 15) is 14.4 Å². The van der Waals surface area contributed by atoms with E-state index in [0.29, 0.717) is 24.2 Å². The summed E-state index contributed by atoms with van der Waals surface area (Å²) in [6, 6.07) is 6.53. The summed E-state index contributed by atoms with van der Waals surface area (Å²) in [6.07, 6.45) is 5.87. The van der Waals surface area contributed by atoms with Crippen LogP contribution in [0.25, 0.3) is 0 Å². The van der Waals surface area contributed by atoms with Gasteiger partial charge >= 0.3 is 5.97 Å². The van der Waals surface area contributed by atoms with Crippen LogP contribution in [0.5, 0.6) is 0 Å². The van der Waals surface area contributed by atoms with Crippen LogP contribution in [0.1, 0.15) is 48.9 Å². The molecule has 2 rings (SSSR count). The van der Waals surface area contributed by atoms with Crippen LogP contribution in [0.2, 0.25) is 0 Å². The van der Waals surface area contributed by atoms with Gasteiger partial charge in [0.15, 0.2) is 0 Å². The van der Waals surface area contributed by atoms with Crippen LogP contribution in [-0.2, 0) is 14.3 Å². The molecule has 1 aliphatic carbocycles. The first kappa shape index (κ1) is 19.9. The number of ether oxygens (including phenoxy) is 1. The molecule has 0 heterocycles. The molecule has 7 heteroatoms. The Morgan fingerprint density at radius 2 is 1.77 bits per heavy atom. The largest absolute Gasteiger partial charge is 0.468 e. The first-order chi connectivity index (χ1) is 12.5. The Morgan fingerprint density at radius 3 is 2.35 bits per heavy atom. The van der Waals surface area contributed by atoms with Gasteiger partial charge in [-0.3, -0.25) is 14.4 Å². The van der Waals surface area contributed by atoms with Crippen LogP contribution in [0.3, 0.4) is 0 Å². The zero-order chi connectivity index (χ0) is 19.0. The maximum absolute atomic E-state index is 12.4. The zero-order valence-corrected chi connectivity index (χ0v) is 15.2. The van der Waals surface area contributed by atoms with Crippen molar-refractivity contribution in [3.63, 3.8) is 0 Å². The summed E-state index contributed by atoms with van der Waals surface area (Å²) >= 11 is 0. The predicted octanol–water partition coefficient (Wildman–Crippen LogP) is 1.83. The van der Waals surface area contributed by atoms with Crippen molar-refractivity contribution < 1.29 is 19.1 Å². The molecule has 0 spiro atoms. The molecule has 1 aromatic rings. The van der Waals surface area contributed by atoms with E-state index >= 15 is 0 Å². The SMILES string of the molecule is COC(=O)CNC(=O)c1ccc(NC(=O)CC2(CN)CCCCC2)cc1. The quantitative estimate of drug-likeness (QED) is 0.642. The number of amides is 2. The second-order valence-electron chi connectivity index (χ2n) is 6.83. The molecule has 0 atom stereocenters. The zero-order valence-electron chi connectivity index (χ0n) is 15.2. The van der Waals surface area contributed by atoms with Gasteiger partial charge in [-0.25, -0.2) is 0 Å². The van der Waals surface area contributed by atoms with Gasteiger partial charge in [-0.05, 0) is 49.1 Å². The highest BCUT2D eigenvalue weighted by atomic mass is 16.5. The predicted molar refractivity (Wildman–Crippen MR) is 98.6 cm³/mol. The van der Waals surface area contributed by atoms with Crippen LogP contribution in [-0.4, -0.2) is 38.0 Å². The third kappa shape index (κ3) is 5.56. The molecule has 0 radical (unpaired) electrons. The highest BCUT2D eigenvalue weighted by molar-refractivity contribution is 5.97. The van der Waals surface area contributed by atoms with E-state index in [1.165, 1.54) is 13.5 Å². The Labute approximate surface area is 153 Å². The lowest BCUT2D eigenvalue weighted by molar-refractivity contribution is -0.139.